The van der Waals surface area contributed by atoms with E-state index in [9.17, 15) is 22.4 Å². The number of hydrogen-bond acceptors (Lipinski definition) is 4. The zero-order valence-corrected chi connectivity index (χ0v) is 10.5. The fraction of sp³-hybridized carbons (Fsp3) is 0.417. The highest BCUT2D eigenvalue weighted by molar-refractivity contribution is 5.90. The lowest BCUT2D eigenvalue weighted by molar-refractivity contribution is -0.148. The molecule has 0 spiro atoms. The minimum Gasteiger partial charge on any atom is -0.485 e. The van der Waals surface area contributed by atoms with Crippen molar-refractivity contribution in [2.24, 2.45) is 0 Å². The number of ether oxygens (including phenoxy) is 2. The van der Waals surface area contributed by atoms with Crippen molar-refractivity contribution >= 4 is 11.7 Å². The van der Waals surface area contributed by atoms with Crippen LogP contribution in [0.25, 0.3) is 0 Å². The van der Waals surface area contributed by atoms with Crippen molar-refractivity contribution in [3.05, 3.63) is 23.8 Å². The summed E-state index contributed by atoms with van der Waals surface area (Å²) in [6.45, 7) is 0.180. The topological polar surface area (TPSA) is 61.5 Å². The summed E-state index contributed by atoms with van der Waals surface area (Å²) in [5.74, 6) is -5.28. The predicted octanol–water partition coefficient (Wildman–Crippen LogP) is 2.72. The highest BCUT2D eigenvalue weighted by atomic mass is 19.3. The second kappa shape index (κ2) is 6.44. The van der Waals surface area contributed by atoms with Crippen LogP contribution in [-0.4, -0.2) is 31.5 Å². The van der Waals surface area contributed by atoms with Crippen LogP contribution in [0.4, 0.5) is 23.2 Å². The fourth-order valence-electron chi connectivity index (χ4n) is 1.24. The number of anilines is 1. The van der Waals surface area contributed by atoms with Gasteiger partial charge in [-0.3, -0.25) is 0 Å². The zero-order valence-electron chi connectivity index (χ0n) is 10.5. The van der Waals surface area contributed by atoms with E-state index in [0.717, 1.165) is 6.07 Å². The van der Waals surface area contributed by atoms with Crippen LogP contribution in [0.5, 0.6) is 5.75 Å². The number of alkyl halides is 4. The second-order valence-corrected chi connectivity index (χ2v) is 3.82. The van der Waals surface area contributed by atoms with Crippen LogP contribution in [0.15, 0.2) is 18.2 Å². The van der Waals surface area contributed by atoms with Crippen LogP contribution in [-0.2, 0) is 4.74 Å². The maximum atomic E-state index is 12.7. The molecule has 20 heavy (non-hydrogen) atoms. The van der Waals surface area contributed by atoms with Crippen LogP contribution >= 0.6 is 0 Å². The van der Waals surface area contributed by atoms with Gasteiger partial charge in [-0.15, -0.1) is 0 Å². The molecule has 4 nitrogen and oxygen atoms in total. The number of halogens is 4. The lowest BCUT2D eigenvalue weighted by atomic mass is 10.2. The second-order valence-electron chi connectivity index (χ2n) is 3.82. The number of carbonyl (C=O) groups excluding carboxylic acids is 1. The molecule has 1 aromatic rings. The van der Waals surface area contributed by atoms with Crippen molar-refractivity contribution in [1.29, 1.82) is 0 Å². The SMILES string of the molecule is CCOC(=O)c1ccc(N)c(OCC(F)(F)C(F)F)c1. The van der Waals surface area contributed by atoms with Crippen molar-refractivity contribution in [2.75, 3.05) is 18.9 Å². The Bertz CT molecular complexity index is 480. The van der Waals surface area contributed by atoms with Gasteiger partial charge in [0.15, 0.2) is 6.61 Å². The third-order valence-electron chi connectivity index (χ3n) is 2.26. The van der Waals surface area contributed by atoms with Gasteiger partial charge in [-0.1, -0.05) is 0 Å². The van der Waals surface area contributed by atoms with Crippen molar-refractivity contribution < 1.29 is 31.8 Å². The van der Waals surface area contributed by atoms with Crippen LogP contribution in [0.2, 0.25) is 0 Å². The van der Waals surface area contributed by atoms with E-state index >= 15 is 0 Å². The number of hydrogen-bond donors (Lipinski definition) is 1. The molecular formula is C12H13F4NO3. The largest absolute Gasteiger partial charge is 0.485 e. The monoisotopic (exact) mass is 295 g/mol. The Balaban J connectivity index is 2.85. The first-order valence-corrected chi connectivity index (χ1v) is 5.63. The van der Waals surface area contributed by atoms with Gasteiger partial charge in [-0.2, -0.15) is 8.78 Å². The molecule has 8 heteroatoms. The first kappa shape index (κ1) is 16.1. The predicted molar refractivity (Wildman–Crippen MR) is 63.3 cm³/mol. The van der Waals surface area contributed by atoms with Gasteiger partial charge in [0.1, 0.15) is 5.75 Å². The maximum absolute atomic E-state index is 12.7. The van der Waals surface area contributed by atoms with Gasteiger partial charge >= 0.3 is 18.3 Å². The minimum absolute atomic E-state index is 0.0245. The third kappa shape index (κ3) is 4.01. The Morgan fingerprint density at radius 3 is 2.60 bits per heavy atom. The summed E-state index contributed by atoms with van der Waals surface area (Å²) in [4.78, 5) is 11.4. The number of carbonyl (C=O) groups is 1. The van der Waals surface area contributed by atoms with E-state index in [1.54, 1.807) is 6.92 Å². The molecule has 0 aromatic heterocycles. The summed E-state index contributed by atoms with van der Waals surface area (Å²) < 4.78 is 58.7. The van der Waals surface area contributed by atoms with E-state index < -0.39 is 24.9 Å². The highest BCUT2D eigenvalue weighted by Gasteiger charge is 2.41. The molecular weight excluding hydrogens is 282 g/mol. The molecule has 0 amide bonds. The lowest BCUT2D eigenvalue weighted by Gasteiger charge is -2.17. The van der Waals surface area contributed by atoms with Crippen LogP contribution in [0.3, 0.4) is 0 Å². The molecule has 0 aliphatic carbocycles. The molecule has 0 aliphatic rings. The Kier molecular flexibility index (Phi) is 5.18. The Morgan fingerprint density at radius 1 is 1.40 bits per heavy atom. The molecule has 2 N–H and O–H groups in total. The third-order valence-corrected chi connectivity index (χ3v) is 2.26. The number of nitrogen functional groups attached to an aromatic ring is 1. The van der Waals surface area contributed by atoms with E-state index in [4.69, 9.17) is 10.5 Å². The first-order chi connectivity index (χ1) is 9.27. The maximum Gasteiger partial charge on any atom is 0.340 e. The smallest absolute Gasteiger partial charge is 0.340 e. The highest BCUT2D eigenvalue weighted by Crippen LogP contribution is 2.28. The summed E-state index contributed by atoms with van der Waals surface area (Å²) >= 11 is 0. The van der Waals surface area contributed by atoms with Crippen LogP contribution in [0, 0.1) is 0 Å². The van der Waals surface area contributed by atoms with Gasteiger partial charge in [0.2, 0.25) is 0 Å². The van der Waals surface area contributed by atoms with E-state index in [0.29, 0.717) is 0 Å². The van der Waals surface area contributed by atoms with E-state index in [2.05, 4.69) is 4.74 Å². The number of esters is 1. The zero-order chi connectivity index (χ0) is 15.3. The van der Waals surface area contributed by atoms with Crippen molar-refractivity contribution in [1.82, 2.24) is 0 Å². The molecule has 0 unspecified atom stereocenters. The molecule has 0 atom stereocenters. The summed E-state index contributed by atoms with van der Waals surface area (Å²) in [5.41, 5.74) is 5.43. The molecule has 0 heterocycles. The van der Waals surface area contributed by atoms with Gasteiger partial charge in [-0.05, 0) is 25.1 Å². The Hall–Kier alpha value is -1.99. The van der Waals surface area contributed by atoms with E-state index in [1.165, 1.54) is 12.1 Å². The number of nitrogens with two attached hydrogens (primary N) is 1. The van der Waals surface area contributed by atoms with E-state index in [1.807, 2.05) is 0 Å². The van der Waals surface area contributed by atoms with Crippen LogP contribution in [0.1, 0.15) is 17.3 Å². The van der Waals surface area contributed by atoms with Gasteiger partial charge in [0.05, 0.1) is 17.9 Å². The molecule has 1 aromatic carbocycles. The summed E-state index contributed by atoms with van der Waals surface area (Å²) in [6, 6.07) is 3.61. The molecule has 0 radical (unpaired) electrons. The average molecular weight is 295 g/mol. The van der Waals surface area contributed by atoms with Crippen molar-refractivity contribution in [3.8, 4) is 5.75 Å². The molecule has 0 aliphatic heterocycles. The molecule has 112 valence electrons. The average Bonchev–Trinajstić information content (AvgIpc) is 2.37. The van der Waals surface area contributed by atoms with Crippen molar-refractivity contribution in [2.45, 2.75) is 19.3 Å². The van der Waals surface area contributed by atoms with Gasteiger partial charge < -0.3 is 15.2 Å². The summed E-state index contributed by atoms with van der Waals surface area (Å²) in [7, 11) is 0. The fourth-order valence-corrected chi connectivity index (χ4v) is 1.24. The van der Waals surface area contributed by atoms with Crippen molar-refractivity contribution in [3.63, 3.8) is 0 Å². The normalized spacial score (nSPS) is 11.5. The van der Waals surface area contributed by atoms with Gasteiger partial charge in [-0.25, -0.2) is 13.6 Å². The molecule has 0 saturated heterocycles. The molecule has 1 rings (SSSR count). The summed E-state index contributed by atoms with van der Waals surface area (Å²) in [6.07, 6.45) is -3.85. The lowest BCUT2D eigenvalue weighted by Crippen LogP contribution is -2.33. The van der Waals surface area contributed by atoms with E-state index in [-0.39, 0.29) is 23.6 Å². The number of rotatable bonds is 6. The summed E-state index contributed by atoms with van der Waals surface area (Å²) in [5, 5.41) is 0. The van der Waals surface area contributed by atoms with Crippen LogP contribution < -0.4 is 10.5 Å². The Morgan fingerprint density at radius 2 is 2.05 bits per heavy atom. The molecule has 0 saturated carbocycles. The van der Waals surface area contributed by atoms with Gasteiger partial charge in [0.25, 0.3) is 0 Å². The minimum atomic E-state index is -4.30. The van der Waals surface area contributed by atoms with Gasteiger partial charge in [0, 0.05) is 0 Å². The molecule has 0 fully saturated rings. The molecule has 0 bridgehead atoms. The quantitative estimate of drug-likeness (QED) is 0.498. The standard InChI is InChI=1S/C12H13F4NO3/c1-2-19-10(18)7-3-4-8(17)9(5-7)20-6-12(15,16)11(13)14/h3-5,11H,2,6,17H2,1H3. The Labute approximate surface area is 112 Å². The first-order valence-electron chi connectivity index (χ1n) is 5.63. The number of benzene rings is 1.